The van der Waals surface area contributed by atoms with E-state index in [0.29, 0.717) is 11.0 Å². The average molecular weight is 308 g/mol. The first-order valence-electron chi connectivity index (χ1n) is 8.39. The Kier molecular flexibility index (Phi) is 2.78. The molecule has 0 fully saturated rings. The maximum absolute atomic E-state index is 12.4. The Morgan fingerprint density at radius 1 is 1.09 bits per heavy atom. The van der Waals surface area contributed by atoms with E-state index in [-0.39, 0.29) is 16.6 Å². The van der Waals surface area contributed by atoms with Gasteiger partial charge in [0.25, 0.3) is 0 Å². The quantitative estimate of drug-likeness (QED) is 0.407. The molecule has 3 heteroatoms. The van der Waals surface area contributed by atoms with Gasteiger partial charge in [0.2, 0.25) is 5.52 Å². The summed E-state index contributed by atoms with van der Waals surface area (Å²) in [5.41, 5.74) is 2.64. The van der Waals surface area contributed by atoms with E-state index in [0.717, 1.165) is 23.7 Å². The zero-order valence-electron chi connectivity index (χ0n) is 14.1. The van der Waals surface area contributed by atoms with Crippen molar-refractivity contribution in [2.24, 2.45) is 0 Å². The number of hydrogen-bond donors (Lipinski definition) is 0. The highest BCUT2D eigenvalue weighted by molar-refractivity contribution is 6.02. The summed E-state index contributed by atoms with van der Waals surface area (Å²) in [6.45, 7) is 9.13. The van der Waals surface area contributed by atoms with Crippen molar-refractivity contribution in [2.45, 2.75) is 51.5 Å². The topological polar surface area (TPSA) is 34.1 Å². The first-order chi connectivity index (χ1) is 11.0. The molecule has 1 aliphatic heterocycles. The van der Waals surface area contributed by atoms with Crippen molar-refractivity contribution in [3.63, 3.8) is 0 Å². The summed E-state index contributed by atoms with van der Waals surface area (Å²) < 4.78 is 7.93. The molecule has 118 valence electrons. The van der Waals surface area contributed by atoms with Crippen LogP contribution in [0.3, 0.4) is 0 Å². The highest BCUT2D eigenvalue weighted by Crippen LogP contribution is 2.48. The van der Waals surface area contributed by atoms with E-state index in [9.17, 15) is 4.79 Å². The molecule has 0 spiro atoms. The highest BCUT2D eigenvalue weighted by atomic mass is 16.4. The van der Waals surface area contributed by atoms with Gasteiger partial charge >= 0.3 is 5.63 Å². The molecular weight excluding hydrogens is 286 g/mol. The number of rotatable bonds is 2. The Labute approximate surface area is 135 Å². The summed E-state index contributed by atoms with van der Waals surface area (Å²) in [5.74, 6) is 0. The molecule has 2 unspecified atom stereocenters. The molecule has 3 heterocycles. The van der Waals surface area contributed by atoms with Gasteiger partial charge in [0.15, 0.2) is 11.7 Å². The minimum atomic E-state index is -0.252. The third kappa shape index (κ3) is 1.50. The zero-order valence-corrected chi connectivity index (χ0v) is 14.1. The van der Waals surface area contributed by atoms with E-state index in [1.54, 1.807) is 0 Å². The summed E-state index contributed by atoms with van der Waals surface area (Å²) >= 11 is 0. The van der Waals surface area contributed by atoms with Crippen LogP contribution in [-0.4, -0.2) is 0 Å². The number of nitrogens with zero attached hydrogens (tertiary/aromatic N) is 1. The van der Waals surface area contributed by atoms with Crippen molar-refractivity contribution >= 4 is 21.9 Å². The molecule has 4 rings (SSSR count). The van der Waals surface area contributed by atoms with Crippen molar-refractivity contribution in [3.8, 4) is 0 Å². The highest BCUT2D eigenvalue weighted by Gasteiger charge is 2.55. The largest absolute Gasteiger partial charge is 0.422 e. The first kappa shape index (κ1) is 14.4. The van der Waals surface area contributed by atoms with E-state index in [1.165, 1.54) is 5.56 Å². The second-order valence-corrected chi connectivity index (χ2v) is 7.02. The van der Waals surface area contributed by atoms with E-state index >= 15 is 0 Å². The van der Waals surface area contributed by atoms with Crippen molar-refractivity contribution in [1.29, 1.82) is 0 Å². The van der Waals surface area contributed by atoms with Crippen LogP contribution >= 0.6 is 0 Å². The predicted octanol–water partition coefficient (Wildman–Crippen LogP) is 4.04. The van der Waals surface area contributed by atoms with Crippen LogP contribution < -0.4 is 10.2 Å². The fraction of sp³-hybridized carbons (Fsp3) is 0.400. The summed E-state index contributed by atoms with van der Waals surface area (Å²) in [7, 11) is 0. The maximum atomic E-state index is 12.4. The summed E-state index contributed by atoms with van der Waals surface area (Å²) in [5, 5.41) is 1.77. The fourth-order valence-corrected chi connectivity index (χ4v) is 4.50. The molecule has 23 heavy (non-hydrogen) atoms. The van der Waals surface area contributed by atoms with Crippen molar-refractivity contribution in [2.75, 3.05) is 0 Å². The van der Waals surface area contributed by atoms with Crippen molar-refractivity contribution in [3.05, 3.63) is 52.5 Å². The van der Waals surface area contributed by atoms with Crippen LogP contribution in [0.1, 0.15) is 46.1 Å². The van der Waals surface area contributed by atoms with Crippen LogP contribution in [0.4, 0.5) is 0 Å². The Bertz CT molecular complexity index is 1000. The molecule has 0 N–H and O–H groups in total. The monoisotopic (exact) mass is 308 g/mol. The second kappa shape index (κ2) is 4.44. The van der Waals surface area contributed by atoms with Crippen LogP contribution in [0.25, 0.3) is 21.9 Å². The third-order valence-corrected chi connectivity index (χ3v) is 6.39. The van der Waals surface area contributed by atoms with Crippen molar-refractivity contribution < 1.29 is 8.98 Å². The third-order valence-electron chi connectivity index (χ3n) is 6.39. The van der Waals surface area contributed by atoms with E-state index in [4.69, 9.17) is 4.42 Å². The van der Waals surface area contributed by atoms with E-state index < -0.39 is 0 Å². The standard InChI is InChI=1S/C20H22NO2/c1-5-19(3)14-10-7-11-15-16(14)17-13(18(22)23-15)9-8-12-21(17)20(19,4)6-2/h7-12H,5-6H2,1-4H3/q+1. The van der Waals surface area contributed by atoms with Crippen LogP contribution in [0.5, 0.6) is 0 Å². The van der Waals surface area contributed by atoms with Crippen LogP contribution in [0.2, 0.25) is 0 Å². The molecule has 2 atom stereocenters. The lowest BCUT2D eigenvalue weighted by Crippen LogP contribution is -2.66. The van der Waals surface area contributed by atoms with Gasteiger partial charge in [-0.1, -0.05) is 26.0 Å². The second-order valence-electron chi connectivity index (χ2n) is 7.02. The van der Waals surface area contributed by atoms with Gasteiger partial charge in [0.1, 0.15) is 11.0 Å². The molecule has 0 saturated heterocycles. The van der Waals surface area contributed by atoms with E-state index in [2.05, 4.69) is 44.5 Å². The van der Waals surface area contributed by atoms with Crippen LogP contribution in [-0.2, 0) is 11.0 Å². The number of aromatic nitrogens is 1. The number of pyridine rings is 1. The SMILES string of the molecule is CCC1(C)c2cccc3oc(=O)c4ccc[n+](c4c23)C1(C)CC. The molecule has 1 aliphatic rings. The fourth-order valence-electron chi connectivity index (χ4n) is 4.50. The minimum absolute atomic E-state index is 0.0207. The molecular formula is C20H22NO2+. The number of hydrogen-bond acceptors (Lipinski definition) is 2. The Hall–Kier alpha value is -2.16. The van der Waals surface area contributed by atoms with Gasteiger partial charge in [-0.15, -0.1) is 0 Å². The molecule has 0 saturated carbocycles. The molecule has 0 radical (unpaired) electrons. The van der Waals surface area contributed by atoms with Gasteiger partial charge < -0.3 is 4.42 Å². The van der Waals surface area contributed by atoms with Crippen LogP contribution in [0.15, 0.2) is 45.7 Å². The lowest BCUT2D eigenvalue weighted by atomic mass is 9.61. The van der Waals surface area contributed by atoms with Crippen LogP contribution in [0, 0.1) is 0 Å². The minimum Gasteiger partial charge on any atom is -0.422 e. The lowest BCUT2D eigenvalue weighted by molar-refractivity contribution is -0.750. The van der Waals surface area contributed by atoms with Gasteiger partial charge in [0.05, 0.1) is 10.8 Å². The number of benzene rings is 1. The molecule has 3 aromatic rings. The first-order valence-corrected chi connectivity index (χ1v) is 8.39. The summed E-state index contributed by atoms with van der Waals surface area (Å²) in [6, 6.07) is 9.95. The van der Waals surface area contributed by atoms with Crippen molar-refractivity contribution in [1.82, 2.24) is 0 Å². The molecule has 0 amide bonds. The molecule has 3 nitrogen and oxygen atoms in total. The Morgan fingerprint density at radius 3 is 2.57 bits per heavy atom. The smallest absolute Gasteiger partial charge is 0.350 e. The molecule has 1 aromatic carbocycles. The van der Waals surface area contributed by atoms with Gasteiger partial charge in [-0.25, -0.2) is 4.79 Å². The van der Waals surface area contributed by atoms with E-state index in [1.807, 2.05) is 24.3 Å². The van der Waals surface area contributed by atoms with Gasteiger partial charge in [-0.2, -0.15) is 4.57 Å². The summed E-state index contributed by atoms with van der Waals surface area (Å²) in [4.78, 5) is 12.4. The average Bonchev–Trinajstić information content (AvgIpc) is 2.58. The Morgan fingerprint density at radius 2 is 1.87 bits per heavy atom. The van der Waals surface area contributed by atoms with Gasteiger partial charge in [0, 0.05) is 19.4 Å². The lowest BCUT2D eigenvalue weighted by Gasteiger charge is -2.44. The molecule has 2 aromatic heterocycles. The predicted molar refractivity (Wildman–Crippen MR) is 91.8 cm³/mol. The Balaban J connectivity index is 2.39. The van der Waals surface area contributed by atoms with Gasteiger partial charge in [-0.3, -0.25) is 0 Å². The zero-order chi connectivity index (χ0) is 16.4. The summed E-state index contributed by atoms with van der Waals surface area (Å²) in [6.07, 6.45) is 4.14. The molecule has 0 bridgehead atoms. The normalized spacial score (nSPS) is 26.3. The van der Waals surface area contributed by atoms with Gasteiger partial charge in [-0.05, 0) is 31.0 Å². The molecule has 0 aliphatic carbocycles. The maximum Gasteiger partial charge on any atom is 0.350 e.